The van der Waals surface area contributed by atoms with Crippen molar-refractivity contribution in [1.82, 2.24) is 5.32 Å². The predicted molar refractivity (Wildman–Crippen MR) is 88.4 cm³/mol. The number of halogens is 1. The van der Waals surface area contributed by atoms with Crippen molar-refractivity contribution < 1.29 is 14.3 Å². The summed E-state index contributed by atoms with van der Waals surface area (Å²) in [6, 6.07) is 4.83. The maximum absolute atomic E-state index is 11.7. The van der Waals surface area contributed by atoms with Gasteiger partial charge in [0.2, 0.25) is 5.91 Å². The Morgan fingerprint density at radius 2 is 2.00 bits per heavy atom. The highest BCUT2D eigenvalue weighted by atomic mass is 35.5. The summed E-state index contributed by atoms with van der Waals surface area (Å²) < 4.78 is 4.66. The quantitative estimate of drug-likeness (QED) is 0.720. The van der Waals surface area contributed by atoms with Crippen LogP contribution < -0.4 is 10.6 Å². The molecule has 6 heteroatoms. The van der Waals surface area contributed by atoms with Gasteiger partial charge in [0, 0.05) is 19.5 Å². The van der Waals surface area contributed by atoms with Crippen LogP contribution in [0.15, 0.2) is 18.2 Å². The molecule has 122 valence electrons. The number of hydrogen-bond donors (Lipinski definition) is 2. The molecule has 0 saturated carbocycles. The summed E-state index contributed by atoms with van der Waals surface area (Å²) in [4.78, 5) is 23.1. The molecule has 0 fully saturated rings. The van der Waals surface area contributed by atoms with E-state index < -0.39 is 5.97 Å². The zero-order valence-electron chi connectivity index (χ0n) is 13.2. The molecule has 1 aromatic carbocycles. The highest BCUT2D eigenvalue weighted by Gasteiger charge is 2.09. The lowest BCUT2D eigenvalue weighted by molar-refractivity contribution is -0.120. The average Bonchev–Trinajstić information content (AvgIpc) is 2.48. The number of carbonyl (C=O) groups excluding carboxylic acids is 2. The summed E-state index contributed by atoms with van der Waals surface area (Å²) >= 11 is 6.06. The van der Waals surface area contributed by atoms with Crippen LogP contribution in [0.25, 0.3) is 0 Å². The molecule has 0 heterocycles. The molecule has 0 aromatic heterocycles. The Labute approximate surface area is 136 Å². The van der Waals surface area contributed by atoms with Gasteiger partial charge in [-0.3, -0.25) is 4.79 Å². The Balaban J connectivity index is 2.44. The maximum Gasteiger partial charge on any atom is 0.337 e. The molecule has 1 aromatic rings. The van der Waals surface area contributed by atoms with Gasteiger partial charge in [0.15, 0.2) is 0 Å². The van der Waals surface area contributed by atoms with E-state index >= 15 is 0 Å². The van der Waals surface area contributed by atoms with Crippen molar-refractivity contribution in [3.05, 3.63) is 28.8 Å². The molecule has 0 saturated heterocycles. The third kappa shape index (κ3) is 6.35. The van der Waals surface area contributed by atoms with Crippen molar-refractivity contribution >= 4 is 29.2 Å². The number of anilines is 1. The molecule has 0 atom stereocenters. The van der Waals surface area contributed by atoms with Crippen LogP contribution in [0.4, 0.5) is 5.69 Å². The normalized spacial score (nSPS) is 10.4. The molecule has 0 radical (unpaired) electrons. The van der Waals surface area contributed by atoms with Gasteiger partial charge in [-0.05, 0) is 30.5 Å². The molecule has 22 heavy (non-hydrogen) atoms. The smallest absolute Gasteiger partial charge is 0.337 e. The monoisotopic (exact) mass is 326 g/mol. The molecule has 0 aliphatic rings. The third-order valence-corrected chi connectivity index (χ3v) is 3.43. The van der Waals surface area contributed by atoms with Gasteiger partial charge in [0.1, 0.15) is 0 Å². The van der Waals surface area contributed by atoms with E-state index in [1.807, 2.05) is 0 Å². The lowest BCUT2D eigenvalue weighted by Gasteiger charge is -2.10. The summed E-state index contributed by atoms with van der Waals surface area (Å²) in [5, 5.41) is 6.42. The van der Waals surface area contributed by atoms with Crippen LogP contribution in [0.5, 0.6) is 0 Å². The Morgan fingerprint density at radius 1 is 1.27 bits per heavy atom. The number of amides is 1. The third-order valence-electron chi connectivity index (χ3n) is 3.10. The van der Waals surface area contributed by atoms with Crippen molar-refractivity contribution in [3.8, 4) is 0 Å². The fraction of sp³-hybridized carbons (Fsp3) is 0.500. The number of hydrogen-bond acceptors (Lipinski definition) is 4. The van der Waals surface area contributed by atoms with Gasteiger partial charge in [0.05, 0.1) is 23.4 Å². The van der Waals surface area contributed by atoms with E-state index in [-0.39, 0.29) is 5.91 Å². The number of benzene rings is 1. The van der Waals surface area contributed by atoms with Crippen molar-refractivity contribution in [2.24, 2.45) is 5.92 Å². The van der Waals surface area contributed by atoms with Gasteiger partial charge in [-0.1, -0.05) is 25.4 Å². The number of ether oxygens (including phenoxy) is 1. The zero-order chi connectivity index (χ0) is 16.5. The van der Waals surface area contributed by atoms with E-state index in [1.165, 1.54) is 7.11 Å². The Morgan fingerprint density at radius 3 is 2.64 bits per heavy atom. The zero-order valence-corrected chi connectivity index (χ0v) is 14.0. The minimum atomic E-state index is -0.425. The minimum Gasteiger partial charge on any atom is -0.465 e. The number of carbonyl (C=O) groups is 2. The first-order chi connectivity index (χ1) is 10.4. The second-order valence-corrected chi connectivity index (χ2v) is 5.80. The first-order valence-corrected chi connectivity index (χ1v) is 7.70. The molecule has 0 unspecified atom stereocenters. The topological polar surface area (TPSA) is 67.4 Å². The Hall–Kier alpha value is -1.75. The fourth-order valence-corrected chi connectivity index (χ4v) is 1.99. The van der Waals surface area contributed by atoms with Gasteiger partial charge in [0.25, 0.3) is 0 Å². The fourth-order valence-electron chi connectivity index (χ4n) is 1.80. The Bertz CT molecular complexity index is 518. The van der Waals surface area contributed by atoms with E-state index in [9.17, 15) is 9.59 Å². The van der Waals surface area contributed by atoms with Crippen molar-refractivity contribution in [1.29, 1.82) is 0 Å². The van der Waals surface area contributed by atoms with Crippen molar-refractivity contribution in [3.63, 3.8) is 0 Å². The summed E-state index contributed by atoms with van der Waals surface area (Å²) in [6.07, 6.45) is 1.31. The van der Waals surface area contributed by atoms with E-state index in [0.29, 0.717) is 41.7 Å². The molecule has 1 amide bonds. The van der Waals surface area contributed by atoms with E-state index in [2.05, 4.69) is 29.2 Å². The largest absolute Gasteiger partial charge is 0.465 e. The number of esters is 1. The lowest BCUT2D eigenvalue weighted by atomic mass is 10.1. The lowest BCUT2D eigenvalue weighted by Crippen LogP contribution is -2.27. The molecule has 0 aliphatic carbocycles. The van der Waals surface area contributed by atoms with Gasteiger partial charge >= 0.3 is 5.97 Å². The van der Waals surface area contributed by atoms with Gasteiger partial charge in [-0.25, -0.2) is 4.79 Å². The van der Waals surface area contributed by atoms with Crippen molar-refractivity contribution in [2.45, 2.75) is 26.7 Å². The predicted octanol–water partition coefficient (Wildman–Crippen LogP) is 3.09. The highest BCUT2D eigenvalue weighted by molar-refractivity contribution is 6.33. The van der Waals surface area contributed by atoms with Crippen LogP contribution in [-0.4, -0.2) is 32.1 Å². The standard InChI is InChI=1S/C16H23ClN2O3/c1-11(2)6-8-19-15(20)7-9-18-14-10-12(16(21)22-3)4-5-13(14)17/h4-5,10-11,18H,6-9H2,1-3H3,(H,19,20). The van der Waals surface area contributed by atoms with Gasteiger partial charge in [-0.2, -0.15) is 0 Å². The second-order valence-electron chi connectivity index (χ2n) is 5.40. The molecule has 1 rings (SSSR count). The van der Waals surface area contributed by atoms with Crippen molar-refractivity contribution in [2.75, 3.05) is 25.5 Å². The summed E-state index contributed by atoms with van der Waals surface area (Å²) in [5.41, 5.74) is 1.02. The minimum absolute atomic E-state index is 0.00612. The molecule has 0 aliphatic heterocycles. The summed E-state index contributed by atoms with van der Waals surface area (Å²) in [5.74, 6) is 0.137. The summed E-state index contributed by atoms with van der Waals surface area (Å²) in [6.45, 7) is 5.36. The molecule has 0 spiro atoms. The number of methoxy groups -OCH3 is 1. The Kier molecular flexibility index (Phi) is 7.74. The maximum atomic E-state index is 11.7. The number of nitrogens with one attached hydrogen (secondary N) is 2. The van der Waals surface area contributed by atoms with Crippen LogP contribution >= 0.6 is 11.6 Å². The van der Waals surface area contributed by atoms with Crippen LogP contribution in [0.3, 0.4) is 0 Å². The highest BCUT2D eigenvalue weighted by Crippen LogP contribution is 2.23. The van der Waals surface area contributed by atoms with E-state index in [0.717, 1.165) is 6.42 Å². The molecule has 2 N–H and O–H groups in total. The average molecular weight is 327 g/mol. The van der Waals surface area contributed by atoms with Crippen LogP contribution in [-0.2, 0) is 9.53 Å². The molecular formula is C16H23ClN2O3. The SMILES string of the molecule is COC(=O)c1ccc(Cl)c(NCCC(=O)NCCC(C)C)c1. The first kappa shape index (κ1) is 18.3. The van der Waals surface area contributed by atoms with Gasteiger partial charge in [-0.15, -0.1) is 0 Å². The van der Waals surface area contributed by atoms with Crippen LogP contribution in [0, 0.1) is 5.92 Å². The first-order valence-electron chi connectivity index (χ1n) is 7.32. The number of rotatable bonds is 8. The van der Waals surface area contributed by atoms with E-state index in [1.54, 1.807) is 18.2 Å². The molecular weight excluding hydrogens is 304 g/mol. The molecule has 5 nitrogen and oxygen atoms in total. The van der Waals surface area contributed by atoms with Crippen LogP contribution in [0.1, 0.15) is 37.0 Å². The van der Waals surface area contributed by atoms with E-state index in [4.69, 9.17) is 11.6 Å². The van der Waals surface area contributed by atoms with Gasteiger partial charge < -0.3 is 15.4 Å². The second kappa shape index (κ2) is 9.30. The summed E-state index contributed by atoms with van der Waals surface area (Å²) in [7, 11) is 1.32. The molecule has 0 bridgehead atoms. The van der Waals surface area contributed by atoms with Crippen LogP contribution in [0.2, 0.25) is 5.02 Å².